The van der Waals surface area contributed by atoms with Crippen LogP contribution in [-0.4, -0.2) is 58.1 Å². The highest BCUT2D eigenvalue weighted by atomic mass is 16.5. The molecule has 1 saturated heterocycles. The average Bonchev–Trinajstić information content (AvgIpc) is 3.00. The van der Waals surface area contributed by atoms with Gasteiger partial charge >= 0.3 is 0 Å². The Morgan fingerprint density at radius 2 is 2.30 bits per heavy atom. The van der Waals surface area contributed by atoms with E-state index in [1.807, 2.05) is 0 Å². The van der Waals surface area contributed by atoms with Crippen molar-refractivity contribution in [3.63, 3.8) is 0 Å². The first kappa shape index (κ1) is 16.3. The highest BCUT2D eigenvalue weighted by molar-refractivity contribution is 5.76. The van der Waals surface area contributed by atoms with E-state index >= 15 is 0 Å². The summed E-state index contributed by atoms with van der Waals surface area (Å²) in [5.41, 5.74) is 0. The standard InChI is InChI=1S/C15H25N5O3/c21-15(5-2-7-20-11-16-18-19-20)17-13-10-22-8-6-14(13)23-9-12-3-1-4-12/h11-14H,1-10H2,(H,17,21)/t13-,14+/m1/s1. The summed E-state index contributed by atoms with van der Waals surface area (Å²) in [5.74, 6) is 0.747. The molecule has 1 aliphatic heterocycles. The van der Waals surface area contributed by atoms with Gasteiger partial charge < -0.3 is 14.8 Å². The molecule has 128 valence electrons. The minimum atomic E-state index is -0.0376. The third-order valence-corrected chi connectivity index (χ3v) is 4.59. The van der Waals surface area contributed by atoms with Crippen molar-refractivity contribution in [3.8, 4) is 0 Å². The highest BCUT2D eigenvalue weighted by Crippen LogP contribution is 2.27. The van der Waals surface area contributed by atoms with Gasteiger partial charge in [-0.3, -0.25) is 4.79 Å². The number of ether oxygens (including phenoxy) is 2. The summed E-state index contributed by atoms with van der Waals surface area (Å²) < 4.78 is 13.2. The predicted octanol–water partition coefficient (Wildman–Crippen LogP) is 0.544. The summed E-state index contributed by atoms with van der Waals surface area (Å²) in [6.45, 7) is 2.70. The lowest BCUT2D eigenvalue weighted by Crippen LogP contribution is -2.51. The summed E-state index contributed by atoms with van der Waals surface area (Å²) in [6.07, 6.45) is 7.51. The van der Waals surface area contributed by atoms with Crippen LogP contribution in [-0.2, 0) is 20.8 Å². The predicted molar refractivity (Wildman–Crippen MR) is 81.5 cm³/mol. The van der Waals surface area contributed by atoms with Crippen molar-refractivity contribution in [1.29, 1.82) is 0 Å². The van der Waals surface area contributed by atoms with E-state index in [4.69, 9.17) is 9.47 Å². The molecule has 2 fully saturated rings. The molecule has 2 aliphatic rings. The number of carbonyl (C=O) groups excluding carboxylic acids is 1. The van der Waals surface area contributed by atoms with Gasteiger partial charge in [-0.25, -0.2) is 4.68 Å². The summed E-state index contributed by atoms with van der Waals surface area (Å²) in [4.78, 5) is 12.1. The number of rotatable bonds is 8. The zero-order valence-electron chi connectivity index (χ0n) is 13.4. The fourth-order valence-corrected chi connectivity index (χ4v) is 2.93. The van der Waals surface area contributed by atoms with Gasteiger partial charge in [-0.2, -0.15) is 0 Å². The topological polar surface area (TPSA) is 91.2 Å². The maximum absolute atomic E-state index is 12.1. The second kappa shape index (κ2) is 8.35. The van der Waals surface area contributed by atoms with Crippen molar-refractivity contribution < 1.29 is 14.3 Å². The number of nitrogens with one attached hydrogen (secondary N) is 1. The number of amides is 1. The van der Waals surface area contributed by atoms with Gasteiger partial charge in [0.1, 0.15) is 6.33 Å². The van der Waals surface area contributed by atoms with Crippen molar-refractivity contribution in [1.82, 2.24) is 25.5 Å². The molecule has 1 aromatic rings. The van der Waals surface area contributed by atoms with Gasteiger partial charge in [0.15, 0.2) is 0 Å². The zero-order chi connectivity index (χ0) is 15.9. The molecule has 23 heavy (non-hydrogen) atoms. The maximum Gasteiger partial charge on any atom is 0.220 e. The molecule has 0 bridgehead atoms. The van der Waals surface area contributed by atoms with Gasteiger partial charge in [-0.05, 0) is 42.0 Å². The van der Waals surface area contributed by atoms with Crippen LogP contribution in [0.1, 0.15) is 38.5 Å². The van der Waals surface area contributed by atoms with Gasteiger partial charge in [0, 0.05) is 26.2 Å². The number of hydrogen-bond acceptors (Lipinski definition) is 6. The Labute approximate surface area is 135 Å². The number of aryl methyl sites for hydroxylation is 1. The minimum Gasteiger partial charge on any atom is -0.379 e. The molecule has 1 N–H and O–H groups in total. The van der Waals surface area contributed by atoms with Crippen molar-refractivity contribution >= 4 is 5.91 Å². The molecule has 0 unspecified atom stereocenters. The van der Waals surface area contributed by atoms with Crippen molar-refractivity contribution in [2.75, 3.05) is 19.8 Å². The number of nitrogens with zero attached hydrogens (tertiary/aromatic N) is 4. The molecular formula is C15H25N5O3. The third kappa shape index (κ3) is 4.97. The SMILES string of the molecule is O=C(CCCn1cnnn1)N[C@@H]1COCC[C@@H]1OCC1CCC1. The van der Waals surface area contributed by atoms with Gasteiger partial charge in [0.25, 0.3) is 0 Å². The zero-order valence-corrected chi connectivity index (χ0v) is 13.4. The van der Waals surface area contributed by atoms with Crippen molar-refractivity contribution in [2.45, 2.75) is 57.2 Å². The van der Waals surface area contributed by atoms with Crippen LogP contribution in [0.25, 0.3) is 0 Å². The Kier molecular flexibility index (Phi) is 5.93. The molecule has 0 aromatic carbocycles. The van der Waals surface area contributed by atoms with E-state index in [1.165, 1.54) is 19.3 Å². The second-order valence-electron chi connectivity index (χ2n) is 6.38. The Balaban J connectivity index is 1.37. The van der Waals surface area contributed by atoms with E-state index in [0.29, 0.717) is 38.5 Å². The Morgan fingerprint density at radius 3 is 3.04 bits per heavy atom. The first-order chi connectivity index (χ1) is 11.3. The number of carbonyl (C=O) groups is 1. The smallest absolute Gasteiger partial charge is 0.220 e. The van der Waals surface area contributed by atoms with E-state index in [2.05, 4.69) is 20.8 Å². The fraction of sp³-hybridized carbons (Fsp3) is 0.867. The van der Waals surface area contributed by atoms with Gasteiger partial charge in [-0.1, -0.05) is 6.42 Å². The largest absolute Gasteiger partial charge is 0.379 e. The van der Waals surface area contributed by atoms with E-state index in [-0.39, 0.29) is 18.1 Å². The molecule has 8 heteroatoms. The molecule has 1 aliphatic carbocycles. The van der Waals surface area contributed by atoms with Crippen LogP contribution >= 0.6 is 0 Å². The fourth-order valence-electron chi connectivity index (χ4n) is 2.93. The van der Waals surface area contributed by atoms with Gasteiger partial charge in [0.05, 0.1) is 18.8 Å². The molecule has 1 saturated carbocycles. The van der Waals surface area contributed by atoms with Crippen molar-refractivity contribution in [3.05, 3.63) is 6.33 Å². The van der Waals surface area contributed by atoms with Gasteiger partial charge in [-0.15, -0.1) is 5.10 Å². The number of hydrogen-bond donors (Lipinski definition) is 1. The molecule has 0 radical (unpaired) electrons. The quantitative estimate of drug-likeness (QED) is 0.751. The van der Waals surface area contributed by atoms with Crippen LogP contribution in [0.3, 0.4) is 0 Å². The molecule has 0 spiro atoms. The van der Waals surface area contributed by atoms with Crippen LogP contribution in [0.5, 0.6) is 0 Å². The van der Waals surface area contributed by atoms with E-state index in [1.54, 1.807) is 11.0 Å². The molecule has 1 amide bonds. The van der Waals surface area contributed by atoms with Crippen LogP contribution in [0.4, 0.5) is 0 Å². The first-order valence-corrected chi connectivity index (χ1v) is 8.51. The lowest BCUT2D eigenvalue weighted by molar-refractivity contribution is -0.127. The normalized spacial score (nSPS) is 25.0. The second-order valence-corrected chi connectivity index (χ2v) is 6.38. The lowest BCUT2D eigenvalue weighted by Gasteiger charge is -2.34. The minimum absolute atomic E-state index is 0.0332. The summed E-state index contributed by atoms with van der Waals surface area (Å²) in [6, 6.07) is -0.0376. The Bertz CT molecular complexity index is 477. The van der Waals surface area contributed by atoms with E-state index in [9.17, 15) is 4.79 Å². The van der Waals surface area contributed by atoms with E-state index in [0.717, 1.165) is 13.0 Å². The third-order valence-electron chi connectivity index (χ3n) is 4.59. The molecule has 8 nitrogen and oxygen atoms in total. The van der Waals surface area contributed by atoms with Gasteiger partial charge in [0.2, 0.25) is 5.91 Å². The molecule has 1 aromatic heterocycles. The maximum atomic E-state index is 12.1. The Hall–Kier alpha value is -1.54. The summed E-state index contributed by atoms with van der Waals surface area (Å²) >= 11 is 0. The van der Waals surface area contributed by atoms with Crippen LogP contribution in [0.15, 0.2) is 6.33 Å². The first-order valence-electron chi connectivity index (χ1n) is 8.51. The van der Waals surface area contributed by atoms with E-state index < -0.39 is 0 Å². The summed E-state index contributed by atoms with van der Waals surface area (Å²) in [7, 11) is 0. The molecule has 2 heterocycles. The van der Waals surface area contributed by atoms with Crippen LogP contribution in [0, 0.1) is 5.92 Å². The lowest BCUT2D eigenvalue weighted by atomic mass is 9.86. The summed E-state index contributed by atoms with van der Waals surface area (Å²) in [5, 5.41) is 14.0. The van der Waals surface area contributed by atoms with Crippen LogP contribution in [0.2, 0.25) is 0 Å². The molecular weight excluding hydrogens is 298 g/mol. The monoisotopic (exact) mass is 323 g/mol. The molecule has 3 rings (SSSR count). The average molecular weight is 323 g/mol. The molecule has 2 atom stereocenters. The highest BCUT2D eigenvalue weighted by Gasteiger charge is 2.29. The van der Waals surface area contributed by atoms with Crippen molar-refractivity contribution in [2.24, 2.45) is 5.92 Å². The van der Waals surface area contributed by atoms with Crippen LogP contribution < -0.4 is 5.32 Å². The Morgan fingerprint density at radius 1 is 1.39 bits per heavy atom. The number of tetrazole rings is 1. The number of aromatic nitrogens is 4.